The Balaban J connectivity index is 3.18. The largest absolute Gasteiger partial charge is 0.384 e. The summed E-state index contributed by atoms with van der Waals surface area (Å²) >= 11 is 0. The Kier molecular flexibility index (Phi) is 4.31. The topological polar surface area (TPSA) is 63.1 Å². The van der Waals surface area contributed by atoms with Gasteiger partial charge in [0.2, 0.25) is 5.91 Å². The third-order valence-electron chi connectivity index (χ3n) is 2.76. The first-order valence-electron chi connectivity index (χ1n) is 5.66. The highest BCUT2D eigenvalue weighted by Crippen LogP contribution is 2.09. The fourth-order valence-corrected chi connectivity index (χ4v) is 1.66. The lowest BCUT2D eigenvalue weighted by atomic mass is 10.2. The van der Waals surface area contributed by atoms with Crippen LogP contribution in [-0.2, 0) is 11.3 Å². The molecule has 0 fully saturated rings. The molecule has 1 amide bonds. The van der Waals surface area contributed by atoms with Crippen LogP contribution in [0, 0.1) is 13.8 Å². The molecule has 2 N–H and O–H groups in total. The number of nitrogens with zero attached hydrogens (tertiary/aromatic N) is 1. The number of aromatic nitrogens is 1. The zero-order valence-corrected chi connectivity index (χ0v) is 10.8. The van der Waals surface area contributed by atoms with E-state index in [2.05, 4.69) is 10.6 Å². The van der Waals surface area contributed by atoms with Gasteiger partial charge in [0, 0.05) is 19.3 Å². The predicted molar refractivity (Wildman–Crippen MR) is 68.4 cm³/mol. The molecular weight excluding hydrogens is 218 g/mol. The Morgan fingerprint density at radius 2 is 2.06 bits per heavy atom. The molecule has 17 heavy (non-hydrogen) atoms. The molecular formula is C12H19N3O2. The number of aryl methyl sites for hydroxylation is 1. The molecule has 1 rings (SSSR count). The van der Waals surface area contributed by atoms with Gasteiger partial charge in [-0.15, -0.1) is 0 Å². The SMILES string of the molecule is CCNC(=O)Cn1c(C)c(C)cc(NC)c1=O. The van der Waals surface area contributed by atoms with E-state index >= 15 is 0 Å². The minimum atomic E-state index is -0.165. The van der Waals surface area contributed by atoms with Crippen molar-refractivity contribution in [2.45, 2.75) is 27.3 Å². The molecule has 0 aliphatic rings. The van der Waals surface area contributed by atoms with Gasteiger partial charge in [-0.05, 0) is 32.4 Å². The van der Waals surface area contributed by atoms with Crippen LogP contribution in [0.25, 0.3) is 0 Å². The van der Waals surface area contributed by atoms with Gasteiger partial charge < -0.3 is 15.2 Å². The van der Waals surface area contributed by atoms with E-state index in [1.807, 2.05) is 20.8 Å². The van der Waals surface area contributed by atoms with Crippen LogP contribution >= 0.6 is 0 Å². The standard InChI is InChI=1S/C12H19N3O2/c1-5-14-11(16)7-15-9(3)8(2)6-10(13-4)12(15)17/h6,13H,5,7H2,1-4H3,(H,14,16). The molecule has 5 heteroatoms. The van der Waals surface area contributed by atoms with Crippen LogP contribution in [0.15, 0.2) is 10.9 Å². The zero-order chi connectivity index (χ0) is 13.0. The van der Waals surface area contributed by atoms with Gasteiger partial charge in [-0.1, -0.05) is 0 Å². The first kappa shape index (κ1) is 13.3. The second kappa shape index (κ2) is 5.52. The maximum Gasteiger partial charge on any atom is 0.274 e. The maximum absolute atomic E-state index is 12.0. The van der Waals surface area contributed by atoms with Gasteiger partial charge in [0.15, 0.2) is 0 Å². The summed E-state index contributed by atoms with van der Waals surface area (Å²) in [6.45, 7) is 6.24. The summed E-state index contributed by atoms with van der Waals surface area (Å²) in [7, 11) is 1.70. The summed E-state index contributed by atoms with van der Waals surface area (Å²) in [5.41, 5.74) is 2.15. The number of anilines is 1. The second-order valence-electron chi connectivity index (χ2n) is 3.92. The van der Waals surface area contributed by atoms with E-state index in [1.165, 1.54) is 4.57 Å². The van der Waals surface area contributed by atoms with Crippen LogP contribution in [0.5, 0.6) is 0 Å². The lowest BCUT2D eigenvalue weighted by molar-refractivity contribution is -0.121. The number of hydrogen-bond donors (Lipinski definition) is 2. The number of amides is 1. The molecule has 0 unspecified atom stereocenters. The summed E-state index contributed by atoms with van der Waals surface area (Å²) in [5.74, 6) is -0.148. The first-order valence-corrected chi connectivity index (χ1v) is 5.66. The summed E-state index contributed by atoms with van der Waals surface area (Å²) in [6, 6.07) is 1.80. The summed E-state index contributed by atoms with van der Waals surface area (Å²) in [6.07, 6.45) is 0. The molecule has 1 aromatic rings. The predicted octanol–water partition coefficient (Wildman–Crippen LogP) is 0.643. The van der Waals surface area contributed by atoms with Crippen molar-refractivity contribution >= 4 is 11.6 Å². The Hall–Kier alpha value is -1.78. The number of carbonyl (C=O) groups is 1. The van der Waals surface area contributed by atoms with Crippen LogP contribution in [-0.4, -0.2) is 24.1 Å². The molecule has 0 aliphatic carbocycles. The van der Waals surface area contributed by atoms with E-state index < -0.39 is 0 Å². The molecule has 0 atom stereocenters. The fraction of sp³-hybridized carbons (Fsp3) is 0.500. The number of carbonyl (C=O) groups excluding carboxylic acids is 1. The molecule has 0 radical (unpaired) electrons. The molecule has 0 bridgehead atoms. The van der Waals surface area contributed by atoms with Crippen molar-refractivity contribution < 1.29 is 4.79 Å². The molecule has 0 aliphatic heterocycles. The highest BCUT2D eigenvalue weighted by atomic mass is 16.2. The number of likely N-dealkylation sites (N-methyl/N-ethyl adjacent to an activating group) is 1. The molecule has 94 valence electrons. The number of hydrogen-bond acceptors (Lipinski definition) is 3. The van der Waals surface area contributed by atoms with Gasteiger partial charge in [0.1, 0.15) is 12.2 Å². The van der Waals surface area contributed by atoms with Crippen molar-refractivity contribution in [3.05, 3.63) is 27.7 Å². The molecule has 0 saturated heterocycles. The first-order chi connectivity index (χ1) is 8.01. The Morgan fingerprint density at radius 1 is 1.41 bits per heavy atom. The van der Waals surface area contributed by atoms with Crippen molar-refractivity contribution in [1.29, 1.82) is 0 Å². The van der Waals surface area contributed by atoms with Crippen LogP contribution in [0.3, 0.4) is 0 Å². The van der Waals surface area contributed by atoms with Crippen molar-refractivity contribution in [2.75, 3.05) is 18.9 Å². The summed E-state index contributed by atoms with van der Waals surface area (Å²) in [4.78, 5) is 23.6. The lowest BCUT2D eigenvalue weighted by Crippen LogP contribution is -2.34. The summed E-state index contributed by atoms with van der Waals surface area (Å²) in [5, 5.41) is 5.53. The zero-order valence-electron chi connectivity index (χ0n) is 10.8. The van der Waals surface area contributed by atoms with E-state index in [0.29, 0.717) is 12.2 Å². The van der Waals surface area contributed by atoms with E-state index in [-0.39, 0.29) is 18.0 Å². The lowest BCUT2D eigenvalue weighted by Gasteiger charge is -2.14. The Morgan fingerprint density at radius 3 is 2.59 bits per heavy atom. The molecule has 1 aromatic heterocycles. The molecule has 0 spiro atoms. The third kappa shape index (κ3) is 2.87. The maximum atomic E-state index is 12.0. The van der Waals surface area contributed by atoms with Crippen LogP contribution in [0.2, 0.25) is 0 Å². The highest BCUT2D eigenvalue weighted by molar-refractivity contribution is 5.75. The fourth-order valence-electron chi connectivity index (χ4n) is 1.66. The van der Waals surface area contributed by atoms with Crippen molar-refractivity contribution in [2.24, 2.45) is 0 Å². The number of rotatable bonds is 4. The van der Waals surface area contributed by atoms with Gasteiger partial charge in [-0.3, -0.25) is 9.59 Å². The van der Waals surface area contributed by atoms with Crippen molar-refractivity contribution in [1.82, 2.24) is 9.88 Å². The van der Waals surface area contributed by atoms with E-state index in [9.17, 15) is 9.59 Å². The molecule has 0 saturated carbocycles. The van der Waals surface area contributed by atoms with Gasteiger partial charge in [-0.2, -0.15) is 0 Å². The van der Waals surface area contributed by atoms with Gasteiger partial charge in [-0.25, -0.2) is 0 Å². The van der Waals surface area contributed by atoms with Crippen LogP contribution < -0.4 is 16.2 Å². The average Bonchev–Trinajstić information content (AvgIpc) is 2.29. The van der Waals surface area contributed by atoms with E-state index in [0.717, 1.165) is 11.3 Å². The third-order valence-corrected chi connectivity index (χ3v) is 2.76. The summed E-state index contributed by atoms with van der Waals surface area (Å²) < 4.78 is 1.49. The number of pyridine rings is 1. The average molecular weight is 237 g/mol. The van der Waals surface area contributed by atoms with Gasteiger partial charge >= 0.3 is 0 Å². The molecule has 0 aromatic carbocycles. The highest BCUT2D eigenvalue weighted by Gasteiger charge is 2.11. The van der Waals surface area contributed by atoms with Crippen LogP contribution in [0.1, 0.15) is 18.2 Å². The molecule has 1 heterocycles. The normalized spacial score (nSPS) is 10.1. The van der Waals surface area contributed by atoms with Crippen molar-refractivity contribution in [3.8, 4) is 0 Å². The van der Waals surface area contributed by atoms with Crippen molar-refractivity contribution in [3.63, 3.8) is 0 Å². The van der Waals surface area contributed by atoms with Crippen LogP contribution in [0.4, 0.5) is 5.69 Å². The van der Waals surface area contributed by atoms with E-state index in [4.69, 9.17) is 0 Å². The second-order valence-corrected chi connectivity index (χ2v) is 3.92. The molecule has 5 nitrogen and oxygen atoms in total. The Labute approximate surface area is 101 Å². The monoisotopic (exact) mass is 237 g/mol. The Bertz CT molecular complexity index is 477. The smallest absolute Gasteiger partial charge is 0.274 e. The minimum absolute atomic E-state index is 0.0644. The quantitative estimate of drug-likeness (QED) is 0.808. The minimum Gasteiger partial charge on any atom is -0.384 e. The van der Waals surface area contributed by atoms with E-state index in [1.54, 1.807) is 13.1 Å². The number of nitrogens with one attached hydrogen (secondary N) is 2. The van der Waals surface area contributed by atoms with Gasteiger partial charge in [0.05, 0.1) is 0 Å². The van der Waals surface area contributed by atoms with Gasteiger partial charge in [0.25, 0.3) is 5.56 Å².